The van der Waals surface area contributed by atoms with Gasteiger partial charge in [-0.15, -0.1) is 0 Å². The van der Waals surface area contributed by atoms with Crippen LogP contribution < -0.4 is 4.74 Å². The van der Waals surface area contributed by atoms with Crippen LogP contribution in [0.2, 0.25) is 0 Å². The molecule has 0 aliphatic carbocycles. The number of hydrogen-bond acceptors (Lipinski definition) is 5. The van der Waals surface area contributed by atoms with Crippen molar-refractivity contribution in [2.24, 2.45) is 0 Å². The second-order valence-electron chi connectivity index (χ2n) is 7.71. The van der Waals surface area contributed by atoms with E-state index in [0.29, 0.717) is 24.6 Å². The highest BCUT2D eigenvalue weighted by Gasteiger charge is 2.27. The van der Waals surface area contributed by atoms with Crippen molar-refractivity contribution in [3.8, 4) is 5.75 Å². The highest BCUT2D eigenvalue weighted by molar-refractivity contribution is 5.85. The summed E-state index contributed by atoms with van der Waals surface area (Å²) in [5.74, 6) is 0.968. The molecule has 3 rings (SSSR count). The van der Waals surface area contributed by atoms with Crippen LogP contribution in [0.5, 0.6) is 5.75 Å². The van der Waals surface area contributed by atoms with E-state index in [-0.39, 0.29) is 37.1 Å². The van der Waals surface area contributed by atoms with Crippen molar-refractivity contribution in [2.45, 2.75) is 45.4 Å². The van der Waals surface area contributed by atoms with Crippen molar-refractivity contribution in [1.82, 2.24) is 9.80 Å². The maximum absolute atomic E-state index is 13.1. The van der Waals surface area contributed by atoms with Gasteiger partial charge in [-0.2, -0.15) is 0 Å². The Morgan fingerprint density at radius 2 is 1.93 bits per heavy atom. The van der Waals surface area contributed by atoms with Gasteiger partial charge in [-0.1, -0.05) is 18.2 Å². The topological polar surface area (TPSA) is 72.2 Å². The first kappa shape index (κ1) is 21.9. The second-order valence-corrected chi connectivity index (χ2v) is 7.71. The molecule has 0 saturated carbocycles. The molecule has 0 spiro atoms. The number of para-hydroxylation sites is 1. The maximum atomic E-state index is 13.1. The average Bonchev–Trinajstić information content (AvgIpc) is 3.44. The second kappa shape index (κ2) is 10.8. The molecule has 7 heteroatoms. The Kier molecular flexibility index (Phi) is 7.90. The Morgan fingerprint density at radius 1 is 1.13 bits per heavy atom. The lowest BCUT2D eigenvalue weighted by molar-refractivity contribution is -0.144. The predicted molar refractivity (Wildman–Crippen MR) is 112 cm³/mol. The van der Waals surface area contributed by atoms with Crippen LogP contribution in [0.1, 0.15) is 32.4 Å². The summed E-state index contributed by atoms with van der Waals surface area (Å²) in [7, 11) is 0. The van der Waals surface area contributed by atoms with Gasteiger partial charge >= 0.3 is 0 Å². The standard InChI is InChI=1S/C23H30N2O5/c1-18(2)25(23(27)17-30-19-8-4-3-5-9-19)16-22(26)24(14-20-10-6-12-28-20)15-21-11-7-13-29-21/h3-6,8-10,12,18,21H,7,11,13-17H2,1-2H3. The summed E-state index contributed by atoms with van der Waals surface area (Å²) in [6.45, 7) is 5.23. The van der Waals surface area contributed by atoms with E-state index in [1.54, 1.807) is 34.3 Å². The number of hydrogen-bond donors (Lipinski definition) is 0. The maximum Gasteiger partial charge on any atom is 0.261 e. The average molecular weight is 415 g/mol. The summed E-state index contributed by atoms with van der Waals surface area (Å²) in [5.41, 5.74) is 0. The predicted octanol–water partition coefficient (Wildman–Crippen LogP) is 3.10. The molecule has 2 heterocycles. The first-order valence-electron chi connectivity index (χ1n) is 10.4. The van der Waals surface area contributed by atoms with Crippen LogP contribution in [0.15, 0.2) is 53.1 Å². The third kappa shape index (κ3) is 6.35. The molecular formula is C23H30N2O5. The third-order valence-electron chi connectivity index (χ3n) is 5.08. The third-order valence-corrected chi connectivity index (χ3v) is 5.08. The van der Waals surface area contributed by atoms with Crippen LogP contribution in [0.4, 0.5) is 0 Å². The van der Waals surface area contributed by atoms with Gasteiger partial charge in [-0.25, -0.2) is 0 Å². The van der Waals surface area contributed by atoms with E-state index in [4.69, 9.17) is 13.9 Å². The van der Waals surface area contributed by atoms with Gasteiger partial charge in [0, 0.05) is 19.2 Å². The molecule has 1 aromatic heterocycles. The largest absolute Gasteiger partial charge is 0.484 e. The van der Waals surface area contributed by atoms with Crippen LogP contribution in [0.3, 0.4) is 0 Å². The normalized spacial score (nSPS) is 15.9. The van der Waals surface area contributed by atoms with Crippen LogP contribution >= 0.6 is 0 Å². The number of carbonyl (C=O) groups is 2. The van der Waals surface area contributed by atoms with E-state index in [0.717, 1.165) is 19.4 Å². The molecule has 0 radical (unpaired) electrons. The van der Waals surface area contributed by atoms with Crippen molar-refractivity contribution in [1.29, 1.82) is 0 Å². The van der Waals surface area contributed by atoms with E-state index in [2.05, 4.69) is 0 Å². The van der Waals surface area contributed by atoms with Crippen molar-refractivity contribution in [3.05, 3.63) is 54.5 Å². The van der Waals surface area contributed by atoms with E-state index < -0.39 is 0 Å². The van der Waals surface area contributed by atoms with Crippen molar-refractivity contribution in [3.63, 3.8) is 0 Å². The van der Waals surface area contributed by atoms with Crippen LogP contribution in [0, 0.1) is 0 Å². The number of amides is 2. The fraction of sp³-hybridized carbons (Fsp3) is 0.478. The summed E-state index contributed by atoms with van der Waals surface area (Å²) < 4.78 is 16.7. The quantitative estimate of drug-likeness (QED) is 0.597. The number of ether oxygens (including phenoxy) is 2. The highest BCUT2D eigenvalue weighted by Crippen LogP contribution is 2.16. The minimum atomic E-state index is -0.225. The number of benzene rings is 1. The minimum Gasteiger partial charge on any atom is -0.484 e. The molecule has 2 amide bonds. The number of carbonyl (C=O) groups excluding carboxylic acids is 2. The SMILES string of the molecule is CC(C)N(CC(=O)N(Cc1ccco1)CC1CCCO1)C(=O)COc1ccccc1. The van der Waals surface area contributed by atoms with Crippen molar-refractivity contribution in [2.75, 3.05) is 26.3 Å². The number of nitrogens with zero attached hydrogens (tertiary/aromatic N) is 2. The lowest BCUT2D eigenvalue weighted by Crippen LogP contribution is -2.48. The van der Waals surface area contributed by atoms with Gasteiger partial charge in [0.15, 0.2) is 6.61 Å². The van der Waals surface area contributed by atoms with Gasteiger partial charge in [-0.05, 0) is 51.0 Å². The van der Waals surface area contributed by atoms with Gasteiger partial charge in [0.2, 0.25) is 5.91 Å². The van der Waals surface area contributed by atoms with Crippen molar-refractivity contribution < 1.29 is 23.5 Å². The molecule has 0 bridgehead atoms. The minimum absolute atomic E-state index is 0.0118. The summed E-state index contributed by atoms with van der Waals surface area (Å²) in [5, 5.41) is 0. The Bertz CT molecular complexity index is 785. The number of rotatable bonds is 10. The fourth-order valence-corrected chi connectivity index (χ4v) is 3.43. The zero-order chi connectivity index (χ0) is 21.3. The lowest BCUT2D eigenvalue weighted by Gasteiger charge is -2.30. The Hall–Kier alpha value is -2.80. The molecule has 1 fully saturated rings. The summed E-state index contributed by atoms with van der Waals surface area (Å²) >= 11 is 0. The Labute approximate surface area is 177 Å². The molecule has 162 valence electrons. The number of furan rings is 1. The summed E-state index contributed by atoms with van der Waals surface area (Å²) in [4.78, 5) is 29.2. The molecule has 1 aliphatic rings. The van der Waals surface area contributed by atoms with E-state index in [1.807, 2.05) is 38.1 Å². The molecule has 30 heavy (non-hydrogen) atoms. The molecule has 1 aliphatic heterocycles. The van der Waals surface area contributed by atoms with Gasteiger partial charge < -0.3 is 23.7 Å². The molecular weight excluding hydrogens is 384 g/mol. The van der Waals surface area contributed by atoms with Crippen LogP contribution in [-0.2, 0) is 20.9 Å². The highest BCUT2D eigenvalue weighted by atomic mass is 16.5. The van der Waals surface area contributed by atoms with Crippen LogP contribution in [-0.4, -0.2) is 60.1 Å². The molecule has 1 aromatic carbocycles. The van der Waals surface area contributed by atoms with Gasteiger partial charge in [0.25, 0.3) is 5.91 Å². The van der Waals surface area contributed by atoms with Crippen molar-refractivity contribution >= 4 is 11.8 Å². The summed E-state index contributed by atoms with van der Waals surface area (Å²) in [6, 6.07) is 12.7. The monoisotopic (exact) mass is 414 g/mol. The van der Waals surface area contributed by atoms with E-state index >= 15 is 0 Å². The lowest BCUT2D eigenvalue weighted by atomic mass is 10.2. The fourth-order valence-electron chi connectivity index (χ4n) is 3.43. The molecule has 1 saturated heterocycles. The molecule has 1 atom stereocenters. The molecule has 7 nitrogen and oxygen atoms in total. The molecule has 1 unspecified atom stereocenters. The molecule has 0 N–H and O–H groups in total. The first-order valence-corrected chi connectivity index (χ1v) is 10.4. The van der Waals surface area contributed by atoms with Crippen LogP contribution in [0.25, 0.3) is 0 Å². The Balaban J connectivity index is 1.62. The smallest absolute Gasteiger partial charge is 0.261 e. The summed E-state index contributed by atoms with van der Waals surface area (Å²) in [6.07, 6.45) is 3.55. The Morgan fingerprint density at radius 3 is 2.57 bits per heavy atom. The van der Waals surface area contributed by atoms with Gasteiger partial charge in [0.05, 0.1) is 18.9 Å². The van der Waals surface area contributed by atoms with E-state index in [1.165, 1.54) is 0 Å². The molecule has 2 aromatic rings. The van der Waals surface area contributed by atoms with E-state index in [9.17, 15) is 9.59 Å². The zero-order valence-corrected chi connectivity index (χ0v) is 17.7. The first-order chi connectivity index (χ1) is 14.5. The van der Waals surface area contributed by atoms with Gasteiger partial charge in [0.1, 0.15) is 18.1 Å². The van der Waals surface area contributed by atoms with Gasteiger partial charge in [-0.3, -0.25) is 9.59 Å². The zero-order valence-electron chi connectivity index (χ0n) is 17.7.